The van der Waals surface area contributed by atoms with Crippen molar-refractivity contribution < 1.29 is 9.90 Å². The van der Waals surface area contributed by atoms with Crippen LogP contribution >= 0.6 is 11.3 Å². The number of hydrogen-bond donors (Lipinski definition) is 1. The predicted octanol–water partition coefficient (Wildman–Crippen LogP) is 4.05. The molecule has 6 heteroatoms. The van der Waals surface area contributed by atoms with Gasteiger partial charge in [0.05, 0.1) is 5.69 Å². The van der Waals surface area contributed by atoms with Crippen LogP contribution in [-0.2, 0) is 17.6 Å². The number of phenolic OH excluding ortho intramolecular Hbond substituents is 1. The van der Waals surface area contributed by atoms with E-state index < -0.39 is 0 Å². The molecule has 2 aliphatic carbocycles. The first-order valence-corrected chi connectivity index (χ1v) is 9.98. The Morgan fingerprint density at radius 2 is 2.11 bits per heavy atom. The van der Waals surface area contributed by atoms with Gasteiger partial charge in [-0.15, -0.1) is 11.3 Å². The van der Waals surface area contributed by atoms with Crippen LogP contribution in [0.4, 0.5) is 5.95 Å². The Bertz CT molecular complexity index is 1060. The van der Waals surface area contributed by atoms with Crippen LogP contribution in [0.2, 0.25) is 0 Å². The molecule has 1 amide bonds. The van der Waals surface area contributed by atoms with Crippen molar-refractivity contribution in [2.75, 3.05) is 11.9 Å². The number of phenols is 1. The lowest BCUT2D eigenvalue weighted by molar-refractivity contribution is -0.119. The van der Waals surface area contributed by atoms with Gasteiger partial charge in [-0.05, 0) is 55.0 Å². The van der Waals surface area contributed by atoms with E-state index in [-0.39, 0.29) is 17.6 Å². The minimum atomic E-state index is 0.108. The summed E-state index contributed by atoms with van der Waals surface area (Å²) in [5.41, 5.74) is 4.18. The van der Waals surface area contributed by atoms with E-state index >= 15 is 0 Å². The number of amides is 1. The van der Waals surface area contributed by atoms with Crippen molar-refractivity contribution in [2.45, 2.75) is 25.7 Å². The number of carbonyl (C=O) groups excluding carboxylic acids is 1. The first-order valence-electron chi connectivity index (χ1n) is 9.16. The molecule has 5 nitrogen and oxygen atoms in total. The molecule has 136 valence electrons. The monoisotopic (exact) mass is 377 g/mol. The molecule has 0 unspecified atom stereocenters. The lowest BCUT2D eigenvalue weighted by atomic mass is 9.96. The summed E-state index contributed by atoms with van der Waals surface area (Å²) in [6, 6.07) is 9.47. The summed E-state index contributed by atoms with van der Waals surface area (Å²) in [5.74, 6) is 0.994. The summed E-state index contributed by atoms with van der Waals surface area (Å²) in [6.07, 6.45) is 5.67. The van der Waals surface area contributed by atoms with E-state index in [2.05, 4.69) is 11.1 Å². The number of nitrogens with zero attached hydrogens (tertiary/aromatic N) is 3. The molecule has 0 atom stereocenters. The van der Waals surface area contributed by atoms with Crippen LogP contribution in [0.15, 0.2) is 36.5 Å². The molecule has 0 spiro atoms. The summed E-state index contributed by atoms with van der Waals surface area (Å²) in [4.78, 5) is 25.6. The van der Waals surface area contributed by atoms with Crippen LogP contribution in [0, 0.1) is 5.92 Å². The van der Waals surface area contributed by atoms with Crippen LogP contribution in [0.1, 0.15) is 23.3 Å². The Hall–Kier alpha value is -2.73. The zero-order valence-corrected chi connectivity index (χ0v) is 15.8. The number of hydrogen-bond acceptors (Lipinski definition) is 5. The minimum absolute atomic E-state index is 0.108. The number of carbonyl (C=O) groups is 1. The van der Waals surface area contributed by atoms with Gasteiger partial charge >= 0.3 is 0 Å². The molecule has 1 fully saturated rings. The fourth-order valence-corrected chi connectivity index (χ4v) is 4.70. The second-order valence-corrected chi connectivity index (χ2v) is 8.35. The Labute approximate surface area is 161 Å². The van der Waals surface area contributed by atoms with Crippen LogP contribution < -0.4 is 4.90 Å². The fourth-order valence-electron chi connectivity index (χ4n) is 3.54. The molecule has 27 heavy (non-hydrogen) atoms. The molecule has 2 aliphatic rings. The van der Waals surface area contributed by atoms with Gasteiger partial charge in [-0.3, -0.25) is 9.69 Å². The fraction of sp³-hybridized carbons (Fsp3) is 0.286. The molecule has 1 saturated carbocycles. The molecule has 0 saturated heterocycles. The van der Waals surface area contributed by atoms with E-state index in [0.29, 0.717) is 5.95 Å². The standard InChI is InChI=1S/C21H19N3O2S/c1-24(20(26)12-5-6-12)21-22-11-14-7-8-17-16(19(14)23-21)10-18(27-17)13-3-2-4-15(25)9-13/h2-4,9-12,25H,5-8H2,1H3. The van der Waals surface area contributed by atoms with E-state index in [1.165, 1.54) is 4.88 Å². The van der Waals surface area contributed by atoms with Crippen molar-refractivity contribution in [1.29, 1.82) is 0 Å². The molecule has 3 aromatic rings. The maximum atomic E-state index is 12.4. The van der Waals surface area contributed by atoms with Crippen LogP contribution in [-0.4, -0.2) is 28.0 Å². The van der Waals surface area contributed by atoms with E-state index in [4.69, 9.17) is 4.98 Å². The van der Waals surface area contributed by atoms with Gasteiger partial charge in [-0.2, -0.15) is 0 Å². The highest BCUT2D eigenvalue weighted by molar-refractivity contribution is 7.16. The highest BCUT2D eigenvalue weighted by atomic mass is 32.1. The van der Waals surface area contributed by atoms with Gasteiger partial charge < -0.3 is 5.11 Å². The normalized spacial score (nSPS) is 15.1. The summed E-state index contributed by atoms with van der Waals surface area (Å²) < 4.78 is 0. The van der Waals surface area contributed by atoms with Gasteiger partial charge in [0.1, 0.15) is 5.75 Å². The van der Waals surface area contributed by atoms with Gasteiger partial charge in [-0.25, -0.2) is 9.97 Å². The summed E-state index contributed by atoms with van der Waals surface area (Å²) in [6.45, 7) is 0. The Balaban J connectivity index is 1.55. The van der Waals surface area contributed by atoms with Gasteiger partial charge in [0.2, 0.25) is 11.9 Å². The molecule has 1 aromatic carbocycles. The van der Waals surface area contributed by atoms with Crippen LogP contribution in [0.3, 0.4) is 0 Å². The molecular weight excluding hydrogens is 358 g/mol. The first-order chi connectivity index (χ1) is 13.1. The topological polar surface area (TPSA) is 66.3 Å². The zero-order valence-electron chi connectivity index (χ0n) is 15.0. The molecule has 2 aromatic heterocycles. The van der Waals surface area contributed by atoms with Gasteiger partial charge in [0.25, 0.3) is 0 Å². The number of aromatic hydroxyl groups is 1. The highest BCUT2D eigenvalue weighted by Crippen LogP contribution is 2.42. The molecule has 2 heterocycles. The minimum Gasteiger partial charge on any atom is -0.508 e. The smallest absolute Gasteiger partial charge is 0.232 e. The lowest BCUT2D eigenvalue weighted by Crippen LogP contribution is -2.29. The molecule has 0 radical (unpaired) electrons. The van der Waals surface area contributed by atoms with Crippen molar-refractivity contribution in [2.24, 2.45) is 5.92 Å². The third-order valence-corrected chi connectivity index (χ3v) is 6.47. The van der Waals surface area contributed by atoms with E-state index in [9.17, 15) is 9.90 Å². The van der Waals surface area contributed by atoms with E-state index in [0.717, 1.165) is 52.9 Å². The quantitative estimate of drug-likeness (QED) is 0.748. The predicted molar refractivity (Wildman–Crippen MR) is 106 cm³/mol. The summed E-state index contributed by atoms with van der Waals surface area (Å²) >= 11 is 1.74. The Morgan fingerprint density at radius 1 is 1.26 bits per heavy atom. The van der Waals surface area contributed by atoms with Crippen LogP contribution in [0.5, 0.6) is 5.75 Å². The first kappa shape index (κ1) is 16.4. The number of rotatable bonds is 3. The average molecular weight is 377 g/mol. The number of aromatic nitrogens is 2. The molecule has 0 aliphatic heterocycles. The van der Waals surface area contributed by atoms with Crippen molar-refractivity contribution in [1.82, 2.24) is 9.97 Å². The SMILES string of the molecule is CN(C(=O)C1CC1)c1ncc2c(n1)-c1cc(-c3cccc(O)c3)sc1CC2. The summed E-state index contributed by atoms with van der Waals surface area (Å²) in [5, 5.41) is 9.78. The molecular formula is C21H19N3O2S. The summed E-state index contributed by atoms with van der Waals surface area (Å²) in [7, 11) is 1.76. The van der Waals surface area contributed by atoms with Crippen molar-refractivity contribution in [3.05, 3.63) is 47.0 Å². The number of thiophene rings is 1. The maximum absolute atomic E-state index is 12.4. The van der Waals surface area contributed by atoms with Gasteiger partial charge in [0.15, 0.2) is 0 Å². The number of aryl methyl sites for hydroxylation is 2. The largest absolute Gasteiger partial charge is 0.508 e. The zero-order chi connectivity index (χ0) is 18.5. The third-order valence-electron chi connectivity index (χ3n) is 5.23. The second kappa shape index (κ2) is 6.16. The molecule has 5 rings (SSSR count). The third kappa shape index (κ3) is 2.90. The van der Waals surface area contributed by atoms with Crippen molar-refractivity contribution in [3.8, 4) is 27.4 Å². The second-order valence-electron chi connectivity index (χ2n) is 7.21. The van der Waals surface area contributed by atoms with Crippen molar-refractivity contribution >= 4 is 23.2 Å². The van der Waals surface area contributed by atoms with Gasteiger partial charge in [-0.1, -0.05) is 12.1 Å². The molecule has 1 N–H and O–H groups in total. The highest BCUT2D eigenvalue weighted by Gasteiger charge is 2.34. The lowest BCUT2D eigenvalue weighted by Gasteiger charge is -2.19. The van der Waals surface area contributed by atoms with Crippen molar-refractivity contribution in [3.63, 3.8) is 0 Å². The Kier molecular flexibility index (Phi) is 3.75. The van der Waals surface area contributed by atoms with E-state index in [1.807, 2.05) is 18.3 Å². The number of benzene rings is 1. The average Bonchev–Trinajstić information content (AvgIpc) is 3.44. The van der Waals surface area contributed by atoms with E-state index in [1.54, 1.807) is 35.4 Å². The Morgan fingerprint density at radius 3 is 2.89 bits per heavy atom. The van der Waals surface area contributed by atoms with Gasteiger partial charge in [0, 0.05) is 34.5 Å². The maximum Gasteiger partial charge on any atom is 0.232 e. The number of anilines is 1. The molecule has 0 bridgehead atoms. The van der Waals surface area contributed by atoms with Crippen LogP contribution in [0.25, 0.3) is 21.7 Å². The number of fused-ring (bicyclic) bond motifs is 3.